The number of unbranched alkanes of at least 4 members (excludes halogenated alkanes) is 1. The van der Waals surface area contributed by atoms with Gasteiger partial charge in [0.1, 0.15) is 6.04 Å². The molecule has 0 radical (unpaired) electrons. The van der Waals surface area contributed by atoms with Gasteiger partial charge in [-0.3, -0.25) is 4.79 Å². The second-order valence-electron chi connectivity index (χ2n) is 5.39. The molecule has 1 unspecified atom stereocenters. The average molecular weight is 317 g/mol. The molecule has 0 saturated heterocycles. The molecule has 1 atom stereocenters. The zero-order valence-electron chi connectivity index (χ0n) is 13.2. The number of urea groups is 1. The summed E-state index contributed by atoms with van der Waals surface area (Å²) in [6.07, 6.45) is 2.16. The van der Waals surface area contributed by atoms with E-state index in [0.717, 1.165) is 13.0 Å². The molecule has 0 aliphatic heterocycles. The van der Waals surface area contributed by atoms with Crippen molar-refractivity contribution in [2.45, 2.75) is 58.0 Å². The van der Waals surface area contributed by atoms with E-state index in [4.69, 9.17) is 10.2 Å². The molecule has 8 nitrogen and oxygen atoms in total. The first-order valence-electron chi connectivity index (χ1n) is 7.55. The van der Waals surface area contributed by atoms with Crippen LogP contribution < -0.4 is 16.0 Å². The molecular formula is C14H27N3O5. The number of amides is 2. The third-order valence-corrected chi connectivity index (χ3v) is 2.93. The van der Waals surface area contributed by atoms with Crippen molar-refractivity contribution in [2.24, 2.45) is 0 Å². The molecule has 0 aromatic heterocycles. The Balaban J connectivity index is 3.90. The van der Waals surface area contributed by atoms with Crippen LogP contribution in [0.3, 0.4) is 0 Å². The molecule has 0 saturated carbocycles. The van der Waals surface area contributed by atoms with Gasteiger partial charge in [0.25, 0.3) is 0 Å². The Morgan fingerprint density at radius 1 is 1.00 bits per heavy atom. The number of nitrogens with one attached hydrogen (secondary N) is 3. The first-order chi connectivity index (χ1) is 10.3. The van der Waals surface area contributed by atoms with Crippen LogP contribution in [0.4, 0.5) is 4.79 Å². The molecule has 5 N–H and O–H groups in total. The minimum Gasteiger partial charge on any atom is -0.481 e. The topological polar surface area (TPSA) is 128 Å². The highest BCUT2D eigenvalue weighted by Crippen LogP contribution is 2.01. The molecule has 0 aliphatic rings. The standard InChI is InChI=1S/C14H27N3O5/c1-10(2)15-8-4-3-6-11(13(20)21)17-14(22)16-9-5-7-12(18)19/h10-11,15H,3-9H2,1-2H3,(H,18,19)(H,20,21)(H2,16,17,22). The van der Waals surface area contributed by atoms with E-state index in [-0.39, 0.29) is 13.0 Å². The normalized spacial score (nSPS) is 12.0. The summed E-state index contributed by atoms with van der Waals surface area (Å²) in [5.74, 6) is -2.00. The van der Waals surface area contributed by atoms with Crippen LogP contribution >= 0.6 is 0 Å². The SMILES string of the molecule is CC(C)NCCCCC(NC(=O)NCCCC(=O)O)C(=O)O. The summed E-state index contributed by atoms with van der Waals surface area (Å²) < 4.78 is 0. The van der Waals surface area contributed by atoms with Crippen LogP contribution in [0, 0.1) is 0 Å². The van der Waals surface area contributed by atoms with Crippen molar-refractivity contribution < 1.29 is 24.6 Å². The summed E-state index contributed by atoms with van der Waals surface area (Å²) in [7, 11) is 0. The summed E-state index contributed by atoms with van der Waals surface area (Å²) in [5, 5.41) is 25.6. The van der Waals surface area contributed by atoms with Crippen LogP contribution in [0.25, 0.3) is 0 Å². The van der Waals surface area contributed by atoms with E-state index < -0.39 is 24.0 Å². The zero-order chi connectivity index (χ0) is 17.0. The van der Waals surface area contributed by atoms with E-state index in [1.165, 1.54) is 0 Å². The number of carbonyl (C=O) groups is 3. The number of rotatable bonds is 12. The van der Waals surface area contributed by atoms with Gasteiger partial charge >= 0.3 is 18.0 Å². The number of aliphatic carboxylic acids is 2. The van der Waals surface area contributed by atoms with Gasteiger partial charge in [-0.1, -0.05) is 13.8 Å². The molecule has 2 amide bonds. The highest BCUT2D eigenvalue weighted by molar-refractivity contribution is 5.82. The van der Waals surface area contributed by atoms with Gasteiger partial charge in [-0.05, 0) is 32.2 Å². The van der Waals surface area contributed by atoms with Crippen molar-refractivity contribution >= 4 is 18.0 Å². The predicted octanol–water partition coefficient (Wildman–Crippen LogP) is 0.772. The number of carboxylic acids is 2. The predicted molar refractivity (Wildman–Crippen MR) is 81.8 cm³/mol. The molecule has 0 spiro atoms. The quantitative estimate of drug-likeness (QED) is 0.338. The molecule has 0 aromatic carbocycles. The third kappa shape index (κ3) is 12.0. The highest BCUT2D eigenvalue weighted by atomic mass is 16.4. The fourth-order valence-electron chi connectivity index (χ4n) is 1.77. The maximum absolute atomic E-state index is 11.5. The van der Waals surface area contributed by atoms with Gasteiger partial charge in [-0.15, -0.1) is 0 Å². The van der Waals surface area contributed by atoms with Crippen molar-refractivity contribution in [2.75, 3.05) is 13.1 Å². The van der Waals surface area contributed by atoms with Crippen molar-refractivity contribution in [3.8, 4) is 0 Å². The molecule has 0 bridgehead atoms. The van der Waals surface area contributed by atoms with Crippen LogP contribution in [0.5, 0.6) is 0 Å². The zero-order valence-corrected chi connectivity index (χ0v) is 13.2. The van der Waals surface area contributed by atoms with Crippen LogP contribution in [0.1, 0.15) is 46.0 Å². The number of carboxylic acid groups (broad SMARTS) is 2. The summed E-state index contributed by atoms with van der Waals surface area (Å²) >= 11 is 0. The highest BCUT2D eigenvalue weighted by Gasteiger charge is 2.19. The van der Waals surface area contributed by atoms with Crippen LogP contribution in [0.15, 0.2) is 0 Å². The lowest BCUT2D eigenvalue weighted by molar-refractivity contribution is -0.139. The summed E-state index contributed by atoms with van der Waals surface area (Å²) in [6, 6.07) is -1.12. The molecule has 0 rings (SSSR count). The smallest absolute Gasteiger partial charge is 0.326 e. The maximum atomic E-state index is 11.5. The Morgan fingerprint density at radius 2 is 1.68 bits per heavy atom. The second-order valence-corrected chi connectivity index (χ2v) is 5.39. The van der Waals surface area contributed by atoms with Crippen molar-refractivity contribution in [3.63, 3.8) is 0 Å². The Morgan fingerprint density at radius 3 is 2.23 bits per heavy atom. The first-order valence-corrected chi connectivity index (χ1v) is 7.55. The van der Waals surface area contributed by atoms with Crippen molar-refractivity contribution in [1.29, 1.82) is 0 Å². The summed E-state index contributed by atoms with van der Waals surface area (Å²) in [6.45, 7) is 5.08. The third-order valence-electron chi connectivity index (χ3n) is 2.93. The number of hydrogen-bond acceptors (Lipinski definition) is 4. The Labute approximate surface area is 130 Å². The van der Waals surface area contributed by atoms with Crippen LogP contribution in [0.2, 0.25) is 0 Å². The number of hydrogen-bond donors (Lipinski definition) is 5. The van der Waals surface area contributed by atoms with E-state index in [1.807, 2.05) is 13.8 Å². The molecular weight excluding hydrogens is 290 g/mol. The number of carbonyl (C=O) groups excluding carboxylic acids is 1. The molecule has 22 heavy (non-hydrogen) atoms. The van der Waals surface area contributed by atoms with Gasteiger partial charge < -0.3 is 26.2 Å². The monoisotopic (exact) mass is 317 g/mol. The largest absolute Gasteiger partial charge is 0.481 e. The molecule has 0 aliphatic carbocycles. The van der Waals surface area contributed by atoms with Gasteiger partial charge in [-0.2, -0.15) is 0 Å². The van der Waals surface area contributed by atoms with E-state index in [9.17, 15) is 14.4 Å². The Bertz CT molecular complexity index is 360. The Kier molecular flexibility index (Phi) is 10.8. The van der Waals surface area contributed by atoms with Crippen LogP contribution in [-0.4, -0.2) is 53.4 Å². The van der Waals surface area contributed by atoms with E-state index in [2.05, 4.69) is 16.0 Å². The summed E-state index contributed by atoms with van der Waals surface area (Å²) in [5.41, 5.74) is 0. The van der Waals surface area contributed by atoms with Gasteiger partial charge in [0.2, 0.25) is 0 Å². The second kappa shape index (κ2) is 11.8. The summed E-state index contributed by atoms with van der Waals surface area (Å²) in [4.78, 5) is 32.9. The minimum atomic E-state index is -1.07. The lowest BCUT2D eigenvalue weighted by Crippen LogP contribution is -2.46. The van der Waals surface area contributed by atoms with Crippen molar-refractivity contribution in [3.05, 3.63) is 0 Å². The van der Waals surface area contributed by atoms with E-state index in [1.54, 1.807) is 0 Å². The lowest BCUT2D eigenvalue weighted by atomic mass is 10.1. The maximum Gasteiger partial charge on any atom is 0.326 e. The average Bonchev–Trinajstić information content (AvgIpc) is 2.41. The molecule has 0 fully saturated rings. The van der Waals surface area contributed by atoms with E-state index in [0.29, 0.717) is 25.3 Å². The fraction of sp³-hybridized carbons (Fsp3) is 0.786. The van der Waals surface area contributed by atoms with Crippen LogP contribution in [-0.2, 0) is 9.59 Å². The van der Waals surface area contributed by atoms with Gasteiger partial charge in [0, 0.05) is 19.0 Å². The van der Waals surface area contributed by atoms with Crippen molar-refractivity contribution in [1.82, 2.24) is 16.0 Å². The Hall–Kier alpha value is -1.83. The molecule has 0 aromatic rings. The van der Waals surface area contributed by atoms with Gasteiger partial charge in [0.15, 0.2) is 0 Å². The molecule has 0 heterocycles. The molecule has 8 heteroatoms. The molecule has 128 valence electrons. The lowest BCUT2D eigenvalue weighted by Gasteiger charge is -2.15. The van der Waals surface area contributed by atoms with Gasteiger partial charge in [-0.25, -0.2) is 9.59 Å². The minimum absolute atomic E-state index is 0.0362. The first kappa shape index (κ1) is 20.2. The van der Waals surface area contributed by atoms with Gasteiger partial charge in [0.05, 0.1) is 0 Å². The van der Waals surface area contributed by atoms with E-state index >= 15 is 0 Å². The fourth-order valence-corrected chi connectivity index (χ4v) is 1.77.